The average molecular weight is 1180 g/mol. The van der Waals surface area contributed by atoms with Crippen LogP contribution in [0, 0.1) is 6.92 Å². The predicted molar refractivity (Wildman–Crippen MR) is 393 cm³/mol. The normalized spacial score (nSPS) is 12.9. The minimum Gasteiger partial charge on any atom is -0.310 e. The van der Waals surface area contributed by atoms with Crippen LogP contribution in [-0.4, -0.2) is 15.8 Å². The molecule has 0 unspecified atom stereocenters. The highest BCUT2D eigenvalue weighted by atomic mass is 15.2. The fourth-order valence-corrected chi connectivity index (χ4v) is 15.2. The highest BCUT2D eigenvalue weighted by Crippen LogP contribution is 2.55. The van der Waals surface area contributed by atoms with Gasteiger partial charge in [-0.2, -0.15) is 0 Å². The molecule has 4 nitrogen and oxygen atoms in total. The molecule has 0 N–H and O–H groups in total. The lowest BCUT2D eigenvalue weighted by atomic mass is 9.33. The van der Waals surface area contributed by atoms with Crippen molar-refractivity contribution in [3.8, 4) is 55.9 Å². The van der Waals surface area contributed by atoms with Crippen molar-refractivity contribution in [3.05, 3.63) is 308 Å². The van der Waals surface area contributed by atoms with Crippen molar-refractivity contribution in [1.82, 2.24) is 9.13 Å². The van der Waals surface area contributed by atoms with Gasteiger partial charge in [-0.3, -0.25) is 0 Å². The van der Waals surface area contributed by atoms with Gasteiger partial charge in [0, 0.05) is 77.9 Å². The molecule has 0 amide bonds. The molecule has 0 bridgehead atoms. The zero-order valence-electron chi connectivity index (χ0n) is 53.1. The predicted octanol–water partition coefficient (Wildman–Crippen LogP) is 21.5. The Hall–Kier alpha value is -10.9. The molecule has 440 valence electrons. The van der Waals surface area contributed by atoms with Crippen molar-refractivity contribution < 1.29 is 0 Å². The lowest BCUT2D eigenvalue weighted by Crippen LogP contribution is -2.61. The molecule has 15 aromatic rings. The number of aromatic nitrogens is 2. The molecule has 17 rings (SSSR count). The monoisotopic (exact) mass is 1180 g/mol. The van der Waals surface area contributed by atoms with E-state index in [9.17, 15) is 0 Å². The number of para-hydroxylation sites is 4. The molecular formula is C87H69BN4. The Morgan fingerprint density at radius 2 is 0.565 bits per heavy atom. The maximum atomic E-state index is 2.70. The molecule has 5 heteroatoms. The lowest BCUT2D eigenvalue weighted by molar-refractivity contribution is 0.590. The van der Waals surface area contributed by atoms with E-state index in [1.807, 2.05) is 0 Å². The number of hydrogen-bond acceptors (Lipinski definition) is 2. The van der Waals surface area contributed by atoms with Gasteiger partial charge >= 0.3 is 0 Å². The van der Waals surface area contributed by atoms with Gasteiger partial charge in [-0.05, 0) is 158 Å². The van der Waals surface area contributed by atoms with Crippen LogP contribution in [0.5, 0.6) is 0 Å². The summed E-state index contributed by atoms with van der Waals surface area (Å²) in [5.74, 6) is 0. The second-order valence-electron chi connectivity index (χ2n) is 27.4. The van der Waals surface area contributed by atoms with Gasteiger partial charge in [-0.15, -0.1) is 0 Å². The Balaban J connectivity index is 1.05. The van der Waals surface area contributed by atoms with Gasteiger partial charge in [-0.25, -0.2) is 0 Å². The third kappa shape index (κ3) is 8.74. The molecule has 0 spiro atoms. The van der Waals surface area contributed by atoms with Gasteiger partial charge in [0.2, 0.25) is 0 Å². The molecule has 0 saturated carbocycles. The van der Waals surface area contributed by atoms with Gasteiger partial charge < -0.3 is 18.9 Å². The summed E-state index contributed by atoms with van der Waals surface area (Å²) >= 11 is 0. The van der Waals surface area contributed by atoms with Gasteiger partial charge in [-0.1, -0.05) is 248 Å². The molecular weight excluding hydrogens is 1110 g/mol. The van der Waals surface area contributed by atoms with Crippen LogP contribution in [0.1, 0.15) is 58.2 Å². The van der Waals surface area contributed by atoms with Crippen LogP contribution in [0.2, 0.25) is 0 Å². The van der Waals surface area contributed by atoms with Crippen molar-refractivity contribution in [2.24, 2.45) is 0 Å². The number of anilines is 6. The van der Waals surface area contributed by atoms with Crippen LogP contribution in [0.3, 0.4) is 0 Å². The van der Waals surface area contributed by atoms with Crippen molar-refractivity contribution in [2.75, 3.05) is 9.80 Å². The molecule has 2 aliphatic heterocycles. The van der Waals surface area contributed by atoms with Crippen molar-refractivity contribution in [3.63, 3.8) is 0 Å². The van der Waals surface area contributed by atoms with E-state index in [0.29, 0.717) is 0 Å². The summed E-state index contributed by atoms with van der Waals surface area (Å²) in [5, 5.41) is 4.94. The summed E-state index contributed by atoms with van der Waals surface area (Å²) < 4.78 is 4.98. The molecule has 0 fully saturated rings. The summed E-state index contributed by atoms with van der Waals surface area (Å²) in [6.07, 6.45) is 0. The Bertz CT molecular complexity index is 4870. The third-order valence-corrected chi connectivity index (χ3v) is 19.6. The molecule has 0 radical (unpaired) electrons. The molecule has 0 atom stereocenters. The first-order chi connectivity index (χ1) is 44.9. The van der Waals surface area contributed by atoms with E-state index in [1.165, 1.54) is 98.9 Å². The quantitative estimate of drug-likeness (QED) is 0.141. The summed E-state index contributed by atoms with van der Waals surface area (Å²) in [4.78, 5) is 5.39. The zero-order chi connectivity index (χ0) is 62.1. The van der Waals surface area contributed by atoms with E-state index in [1.54, 1.807) is 0 Å². The van der Waals surface area contributed by atoms with E-state index in [2.05, 4.69) is 359 Å². The highest BCUT2D eigenvalue weighted by molar-refractivity contribution is 7.00. The van der Waals surface area contributed by atoms with Crippen LogP contribution in [0.25, 0.3) is 99.5 Å². The minimum atomic E-state index is -0.194. The summed E-state index contributed by atoms with van der Waals surface area (Å²) in [5.41, 5.74) is 30.3. The minimum absolute atomic E-state index is 0.166. The summed E-state index contributed by atoms with van der Waals surface area (Å²) in [6, 6.07) is 110. The van der Waals surface area contributed by atoms with Gasteiger partial charge in [0.1, 0.15) is 0 Å². The number of rotatable bonds is 8. The standard InChI is InChI=1S/C87H69BN4/c1-56-48-81-83-82(49-56)92(85-71(59-32-16-10-17-33-59)52-62(87(5,6)7)53-72(85)60-34-18-11-19-35-60)80-55-64(90-77-42-26-22-38-67(77)68-39-23-27-43-78(68)90)45-47-74(80)88(83)73-46-44-63(89-75-40-24-20-36-65(75)66-37-21-25-41-76(66)89)54-79(73)91(81)84-69(57-28-12-8-13-29-57)50-61(86(2,3)4)51-70(84)58-30-14-9-15-31-58/h8-55H,1-7H3. The summed E-state index contributed by atoms with van der Waals surface area (Å²) in [7, 11) is 0. The topological polar surface area (TPSA) is 16.3 Å². The van der Waals surface area contributed by atoms with Crippen molar-refractivity contribution in [1.29, 1.82) is 0 Å². The van der Waals surface area contributed by atoms with Crippen molar-refractivity contribution >= 4 is 101 Å². The lowest BCUT2D eigenvalue weighted by Gasteiger charge is -2.46. The first-order valence-electron chi connectivity index (χ1n) is 32.4. The Labute approximate surface area is 539 Å². The number of fused-ring (bicyclic) bond motifs is 10. The maximum absolute atomic E-state index is 2.70. The first kappa shape index (κ1) is 55.2. The smallest absolute Gasteiger partial charge is 0.252 e. The van der Waals surface area contributed by atoms with Crippen LogP contribution >= 0.6 is 0 Å². The Morgan fingerprint density at radius 3 is 0.859 bits per heavy atom. The van der Waals surface area contributed by atoms with Crippen LogP contribution in [0.15, 0.2) is 291 Å². The Kier molecular flexibility index (Phi) is 12.7. The molecule has 4 heterocycles. The fraction of sp³-hybridized carbons (Fsp3) is 0.103. The SMILES string of the molecule is Cc1cc2c3c(c1)N(c1c(-c4ccccc4)cc(C(C)(C)C)cc1-c1ccccc1)c1cc(-n4c5ccccc5c5ccccc54)ccc1B3c1ccc(-n3c4ccccc4c4ccccc43)cc1N2c1c(-c2ccccc2)cc(C(C)(C)C)cc1-c1ccccc1. The number of aryl methyl sites for hydroxylation is 1. The molecule has 0 saturated heterocycles. The van der Waals surface area contributed by atoms with E-state index < -0.39 is 0 Å². The van der Waals surface area contributed by atoms with Gasteiger partial charge in [0.05, 0.1) is 33.4 Å². The van der Waals surface area contributed by atoms with Gasteiger partial charge in [0.25, 0.3) is 6.71 Å². The molecule has 92 heavy (non-hydrogen) atoms. The van der Waals surface area contributed by atoms with E-state index in [-0.39, 0.29) is 17.5 Å². The van der Waals surface area contributed by atoms with Crippen LogP contribution in [0.4, 0.5) is 34.1 Å². The highest BCUT2D eigenvalue weighted by Gasteiger charge is 2.46. The third-order valence-electron chi connectivity index (χ3n) is 19.6. The zero-order valence-corrected chi connectivity index (χ0v) is 53.1. The largest absolute Gasteiger partial charge is 0.310 e. The summed E-state index contributed by atoms with van der Waals surface area (Å²) in [6.45, 7) is 16.2. The molecule has 0 aliphatic carbocycles. The number of nitrogens with zero attached hydrogens (tertiary/aromatic N) is 4. The first-order valence-corrected chi connectivity index (χ1v) is 32.4. The Morgan fingerprint density at radius 1 is 0.283 bits per heavy atom. The van der Waals surface area contributed by atoms with Crippen molar-refractivity contribution in [2.45, 2.75) is 59.3 Å². The second-order valence-corrected chi connectivity index (χ2v) is 27.4. The second kappa shape index (κ2) is 21.1. The maximum Gasteiger partial charge on any atom is 0.252 e. The van der Waals surface area contributed by atoms with E-state index in [4.69, 9.17) is 0 Å². The molecule has 2 aliphatic rings. The van der Waals surface area contributed by atoms with E-state index >= 15 is 0 Å². The molecule has 13 aromatic carbocycles. The van der Waals surface area contributed by atoms with Crippen LogP contribution in [-0.2, 0) is 10.8 Å². The number of hydrogen-bond donors (Lipinski definition) is 0. The average Bonchev–Trinajstić information content (AvgIpc) is 0.861. The van der Waals surface area contributed by atoms with Crippen LogP contribution < -0.4 is 26.2 Å². The fourth-order valence-electron chi connectivity index (χ4n) is 15.2. The van der Waals surface area contributed by atoms with E-state index in [0.717, 1.165) is 67.8 Å². The molecule has 2 aromatic heterocycles. The number of benzene rings is 13. The van der Waals surface area contributed by atoms with Gasteiger partial charge in [0.15, 0.2) is 0 Å².